The highest BCUT2D eigenvalue weighted by atomic mass is 19.4. The van der Waals surface area contributed by atoms with Crippen LogP contribution in [-0.4, -0.2) is 44.1 Å². The number of carbonyl (C=O) groups is 1. The van der Waals surface area contributed by atoms with E-state index in [9.17, 15) is 18.0 Å². The van der Waals surface area contributed by atoms with Crippen LogP contribution in [0.1, 0.15) is 24.3 Å². The molecule has 1 aliphatic rings. The molecule has 11 heteroatoms. The number of nitrogens with one attached hydrogen (secondary N) is 1. The lowest BCUT2D eigenvalue weighted by Gasteiger charge is -2.32. The molecular formula is C20H19F3N6O2. The van der Waals surface area contributed by atoms with Gasteiger partial charge in [-0.2, -0.15) is 18.2 Å². The number of anilines is 1. The lowest BCUT2D eigenvalue weighted by molar-refractivity contribution is -0.137. The van der Waals surface area contributed by atoms with Gasteiger partial charge in [-0.1, -0.05) is 5.16 Å². The predicted molar refractivity (Wildman–Crippen MR) is 104 cm³/mol. The minimum atomic E-state index is -4.41. The van der Waals surface area contributed by atoms with Crippen LogP contribution >= 0.6 is 0 Å². The van der Waals surface area contributed by atoms with E-state index in [0.29, 0.717) is 42.6 Å². The maximum Gasteiger partial charge on any atom is 0.416 e. The first-order chi connectivity index (χ1) is 14.9. The number of nitrogens with zero attached hydrogens (tertiary/aromatic N) is 5. The minimum absolute atomic E-state index is 0.127. The Labute approximate surface area is 175 Å². The number of amides is 2. The van der Waals surface area contributed by atoms with Gasteiger partial charge in [0.15, 0.2) is 0 Å². The first-order valence-electron chi connectivity index (χ1n) is 9.70. The molecule has 0 radical (unpaired) electrons. The quantitative estimate of drug-likeness (QED) is 0.669. The Morgan fingerprint density at radius 2 is 2.03 bits per heavy atom. The highest BCUT2D eigenvalue weighted by molar-refractivity contribution is 5.89. The van der Waals surface area contributed by atoms with Crippen LogP contribution in [-0.2, 0) is 12.6 Å². The normalized spacial score (nSPS) is 16.9. The van der Waals surface area contributed by atoms with Crippen molar-refractivity contribution in [2.75, 3.05) is 18.4 Å². The number of halogens is 3. The second kappa shape index (κ2) is 8.70. The highest BCUT2D eigenvalue weighted by Crippen LogP contribution is 2.30. The van der Waals surface area contributed by atoms with E-state index in [0.717, 1.165) is 25.0 Å². The highest BCUT2D eigenvalue weighted by Gasteiger charge is 2.30. The average Bonchev–Trinajstić information content (AvgIpc) is 3.23. The van der Waals surface area contributed by atoms with Crippen molar-refractivity contribution in [1.29, 1.82) is 0 Å². The Hall–Kier alpha value is -3.50. The minimum Gasteiger partial charge on any atom is -0.339 e. The number of likely N-dealkylation sites (tertiary alicyclic amines) is 1. The SMILES string of the molecule is O=C(Nc1ccc(C(F)(F)F)cc1)N1CCC[C@H](Cc2nc(-c3cnccn3)no2)C1. The fourth-order valence-electron chi connectivity index (χ4n) is 3.46. The van der Waals surface area contributed by atoms with Crippen LogP contribution in [0.25, 0.3) is 11.5 Å². The first kappa shape index (κ1) is 20.8. The standard InChI is InChI=1S/C20H19F3N6O2/c21-20(22,23)14-3-5-15(6-4-14)26-19(30)29-9-1-2-13(12-29)10-17-27-18(28-31-17)16-11-24-7-8-25-16/h3-8,11,13H,1-2,9-10,12H2,(H,26,30)/t13-/m1/s1. The summed E-state index contributed by atoms with van der Waals surface area (Å²) in [5.41, 5.74) is 0.0632. The van der Waals surface area contributed by atoms with Crippen molar-refractivity contribution in [2.24, 2.45) is 5.92 Å². The van der Waals surface area contributed by atoms with Gasteiger partial charge in [-0.15, -0.1) is 0 Å². The van der Waals surface area contributed by atoms with Crippen molar-refractivity contribution < 1.29 is 22.5 Å². The van der Waals surface area contributed by atoms with Crippen LogP contribution in [0, 0.1) is 5.92 Å². The molecule has 1 fully saturated rings. The van der Waals surface area contributed by atoms with Gasteiger partial charge in [-0.3, -0.25) is 4.98 Å². The molecule has 3 heterocycles. The van der Waals surface area contributed by atoms with Gasteiger partial charge in [0, 0.05) is 37.6 Å². The summed E-state index contributed by atoms with van der Waals surface area (Å²) in [6, 6.07) is 4.02. The molecule has 1 atom stereocenters. The molecule has 2 amide bonds. The number of alkyl halides is 3. The Kier molecular flexibility index (Phi) is 5.83. The summed E-state index contributed by atoms with van der Waals surface area (Å²) in [4.78, 5) is 26.7. The van der Waals surface area contributed by atoms with Gasteiger partial charge in [0.1, 0.15) is 5.69 Å². The largest absolute Gasteiger partial charge is 0.416 e. The monoisotopic (exact) mass is 432 g/mol. The first-order valence-corrected chi connectivity index (χ1v) is 9.70. The van der Waals surface area contributed by atoms with Crippen molar-refractivity contribution in [3.05, 3.63) is 54.3 Å². The Balaban J connectivity index is 1.34. The van der Waals surface area contributed by atoms with Gasteiger partial charge in [-0.05, 0) is 43.0 Å². The zero-order valence-electron chi connectivity index (χ0n) is 16.3. The average molecular weight is 432 g/mol. The molecule has 3 aromatic rings. The van der Waals surface area contributed by atoms with E-state index < -0.39 is 11.7 Å². The van der Waals surface area contributed by atoms with Crippen LogP contribution in [0.2, 0.25) is 0 Å². The molecule has 162 valence electrons. The molecule has 0 saturated carbocycles. The van der Waals surface area contributed by atoms with Gasteiger partial charge < -0.3 is 14.7 Å². The summed E-state index contributed by atoms with van der Waals surface area (Å²) in [5, 5.41) is 6.58. The number of carbonyl (C=O) groups excluding carboxylic acids is 1. The maximum absolute atomic E-state index is 12.7. The van der Waals surface area contributed by atoms with Crippen molar-refractivity contribution in [2.45, 2.75) is 25.4 Å². The molecule has 4 rings (SSSR count). The van der Waals surface area contributed by atoms with Crippen molar-refractivity contribution in [3.8, 4) is 11.5 Å². The summed E-state index contributed by atoms with van der Waals surface area (Å²) in [6.07, 6.45) is 2.43. The van der Waals surface area contributed by atoms with Gasteiger partial charge in [0.2, 0.25) is 11.7 Å². The number of piperidine rings is 1. The van der Waals surface area contributed by atoms with Crippen molar-refractivity contribution in [1.82, 2.24) is 25.0 Å². The zero-order valence-corrected chi connectivity index (χ0v) is 16.3. The molecule has 0 unspecified atom stereocenters. The van der Waals surface area contributed by atoms with E-state index in [1.165, 1.54) is 12.1 Å². The summed E-state index contributed by atoms with van der Waals surface area (Å²) < 4.78 is 43.3. The second-order valence-corrected chi connectivity index (χ2v) is 7.27. The summed E-state index contributed by atoms with van der Waals surface area (Å²) >= 11 is 0. The zero-order chi connectivity index (χ0) is 21.8. The number of urea groups is 1. The Morgan fingerprint density at radius 3 is 2.74 bits per heavy atom. The number of hydrogen-bond donors (Lipinski definition) is 1. The number of benzene rings is 1. The van der Waals surface area contributed by atoms with E-state index in [4.69, 9.17) is 4.52 Å². The predicted octanol–water partition coefficient (Wildman–Crippen LogP) is 4.03. The molecule has 0 bridgehead atoms. The topological polar surface area (TPSA) is 97.0 Å². The van der Waals surface area contributed by atoms with E-state index in [1.807, 2.05) is 0 Å². The van der Waals surface area contributed by atoms with E-state index in [1.54, 1.807) is 23.5 Å². The van der Waals surface area contributed by atoms with Crippen LogP contribution in [0.3, 0.4) is 0 Å². The molecule has 1 aliphatic heterocycles. The number of hydrogen-bond acceptors (Lipinski definition) is 6. The lowest BCUT2D eigenvalue weighted by Crippen LogP contribution is -2.42. The molecule has 2 aromatic heterocycles. The van der Waals surface area contributed by atoms with Crippen LogP contribution in [0.15, 0.2) is 47.4 Å². The van der Waals surface area contributed by atoms with E-state index in [2.05, 4.69) is 25.4 Å². The molecule has 0 spiro atoms. The van der Waals surface area contributed by atoms with Crippen molar-refractivity contribution in [3.63, 3.8) is 0 Å². The Bertz CT molecular complexity index is 1020. The third-order valence-corrected chi connectivity index (χ3v) is 4.99. The summed E-state index contributed by atoms with van der Waals surface area (Å²) in [5.74, 6) is 0.939. The third-order valence-electron chi connectivity index (χ3n) is 4.99. The van der Waals surface area contributed by atoms with Crippen LogP contribution in [0.5, 0.6) is 0 Å². The molecule has 31 heavy (non-hydrogen) atoms. The van der Waals surface area contributed by atoms with Gasteiger partial charge >= 0.3 is 12.2 Å². The second-order valence-electron chi connectivity index (χ2n) is 7.27. The van der Waals surface area contributed by atoms with E-state index >= 15 is 0 Å². The lowest BCUT2D eigenvalue weighted by atomic mass is 9.95. The molecule has 1 aromatic carbocycles. The van der Waals surface area contributed by atoms with Gasteiger partial charge in [0.05, 0.1) is 11.8 Å². The number of aromatic nitrogens is 4. The molecular weight excluding hydrogens is 413 g/mol. The van der Waals surface area contributed by atoms with Gasteiger partial charge in [-0.25, -0.2) is 9.78 Å². The molecule has 8 nitrogen and oxygen atoms in total. The summed E-state index contributed by atoms with van der Waals surface area (Å²) in [6.45, 7) is 1.05. The Morgan fingerprint density at radius 1 is 1.23 bits per heavy atom. The fourth-order valence-corrected chi connectivity index (χ4v) is 3.46. The third kappa shape index (κ3) is 5.16. The summed E-state index contributed by atoms with van der Waals surface area (Å²) in [7, 11) is 0. The maximum atomic E-state index is 12.7. The van der Waals surface area contributed by atoms with Crippen LogP contribution in [0.4, 0.5) is 23.7 Å². The smallest absolute Gasteiger partial charge is 0.339 e. The van der Waals surface area contributed by atoms with Gasteiger partial charge in [0.25, 0.3) is 0 Å². The number of rotatable bonds is 4. The molecule has 1 N–H and O–H groups in total. The molecule has 1 saturated heterocycles. The fraction of sp³-hybridized carbons (Fsp3) is 0.350. The van der Waals surface area contributed by atoms with Crippen LogP contribution < -0.4 is 5.32 Å². The molecule has 0 aliphatic carbocycles. The van der Waals surface area contributed by atoms with E-state index in [-0.39, 0.29) is 11.9 Å². The van der Waals surface area contributed by atoms with Crippen molar-refractivity contribution >= 4 is 11.7 Å².